The maximum Gasteiger partial charge on any atom is 0.324 e. The average Bonchev–Trinajstić information content (AvgIpc) is 3.26. The lowest BCUT2D eigenvalue weighted by Gasteiger charge is -2.11. The van der Waals surface area contributed by atoms with Crippen LogP contribution >= 0.6 is 11.3 Å². The summed E-state index contributed by atoms with van der Waals surface area (Å²) in [6, 6.07) is 8.60. The van der Waals surface area contributed by atoms with Crippen LogP contribution in [0.3, 0.4) is 0 Å². The third-order valence-corrected chi connectivity index (χ3v) is 5.88. The number of nitro groups is 1. The molecule has 1 amide bonds. The van der Waals surface area contributed by atoms with Crippen LogP contribution in [0.4, 0.5) is 10.7 Å². The van der Waals surface area contributed by atoms with Gasteiger partial charge in [0.2, 0.25) is 0 Å². The molecule has 0 saturated heterocycles. The monoisotopic (exact) mass is 397 g/mol. The van der Waals surface area contributed by atoms with Gasteiger partial charge in [0, 0.05) is 30.3 Å². The topological polar surface area (TPSA) is 103 Å². The van der Waals surface area contributed by atoms with Gasteiger partial charge in [-0.3, -0.25) is 14.9 Å². The summed E-state index contributed by atoms with van der Waals surface area (Å²) in [7, 11) is 0. The van der Waals surface area contributed by atoms with Crippen molar-refractivity contribution in [1.29, 1.82) is 0 Å². The first-order valence-electron chi connectivity index (χ1n) is 9.11. The van der Waals surface area contributed by atoms with Crippen molar-refractivity contribution >= 4 is 27.9 Å². The number of hydrogen-bond donors (Lipinski definition) is 1. The van der Waals surface area contributed by atoms with E-state index >= 15 is 0 Å². The minimum absolute atomic E-state index is 0.0539. The molecule has 0 saturated carbocycles. The second-order valence-electron chi connectivity index (χ2n) is 6.78. The summed E-state index contributed by atoms with van der Waals surface area (Å²) in [6.07, 6.45) is 4.34. The van der Waals surface area contributed by atoms with E-state index in [1.807, 2.05) is 25.1 Å². The van der Waals surface area contributed by atoms with Crippen LogP contribution < -0.4 is 5.32 Å². The average molecular weight is 397 g/mol. The van der Waals surface area contributed by atoms with Gasteiger partial charge in [-0.2, -0.15) is 0 Å². The Morgan fingerprint density at radius 2 is 2.07 bits per heavy atom. The smallest absolute Gasteiger partial charge is 0.321 e. The Kier molecular flexibility index (Phi) is 4.91. The van der Waals surface area contributed by atoms with Gasteiger partial charge >= 0.3 is 5.00 Å². The SMILES string of the molecule is Cc1ccc(-c2nnc3n2CCCCC3)cc1NC(=O)c1ccc([N+](=O)[O-])s1. The lowest BCUT2D eigenvalue weighted by molar-refractivity contribution is -0.380. The number of aromatic nitrogens is 3. The molecule has 9 heteroatoms. The minimum atomic E-state index is -0.496. The fourth-order valence-electron chi connectivity index (χ4n) is 3.33. The molecule has 0 fully saturated rings. The molecule has 0 spiro atoms. The lowest BCUT2D eigenvalue weighted by Crippen LogP contribution is -2.11. The number of hydrogen-bond acceptors (Lipinski definition) is 6. The molecule has 0 radical (unpaired) electrons. The van der Waals surface area contributed by atoms with Crippen molar-refractivity contribution < 1.29 is 9.72 Å². The summed E-state index contributed by atoms with van der Waals surface area (Å²) in [5.41, 5.74) is 2.45. The van der Waals surface area contributed by atoms with Gasteiger partial charge < -0.3 is 9.88 Å². The molecule has 1 N–H and O–H groups in total. The van der Waals surface area contributed by atoms with E-state index in [1.54, 1.807) is 0 Å². The highest BCUT2D eigenvalue weighted by molar-refractivity contribution is 7.17. The second-order valence-corrected chi connectivity index (χ2v) is 7.84. The molecular formula is C19H19N5O3S. The first-order valence-corrected chi connectivity index (χ1v) is 9.93. The van der Waals surface area contributed by atoms with E-state index in [-0.39, 0.29) is 10.9 Å². The number of carbonyl (C=O) groups is 1. The third kappa shape index (κ3) is 3.53. The van der Waals surface area contributed by atoms with Crippen molar-refractivity contribution in [2.24, 2.45) is 0 Å². The number of amides is 1. The first kappa shape index (κ1) is 18.3. The molecule has 3 aromatic rings. The van der Waals surface area contributed by atoms with Crippen LogP contribution in [-0.2, 0) is 13.0 Å². The van der Waals surface area contributed by atoms with Gasteiger partial charge in [0.05, 0.1) is 9.80 Å². The van der Waals surface area contributed by atoms with Gasteiger partial charge in [-0.25, -0.2) is 0 Å². The fraction of sp³-hybridized carbons (Fsp3) is 0.316. The molecule has 2 aromatic heterocycles. The first-order chi connectivity index (χ1) is 13.5. The van der Waals surface area contributed by atoms with E-state index in [0.29, 0.717) is 10.6 Å². The number of aryl methyl sites for hydroxylation is 2. The van der Waals surface area contributed by atoms with E-state index in [2.05, 4.69) is 20.1 Å². The molecular weight excluding hydrogens is 378 g/mol. The van der Waals surface area contributed by atoms with Crippen LogP contribution in [-0.4, -0.2) is 25.6 Å². The predicted octanol–water partition coefficient (Wildman–Crippen LogP) is 4.20. The van der Waals surface area contributed by atoms with Crippen LogP contribution in [0.15, 0.2) is 30.3 Å². The van der Waals surface area contributed by atoms with Crippen LogP contribution in [0.5, 0.6) is 0 Å². The van der Waals surface area contributed by atoms with Crippen LogP contribution in [0.2, 0.25) is 0 Å². The molecule has 1 aliphatic heterocycles. The number of fused-ring (bicyclic) bond motifs is 1. The number of thiophene rings is 1. The summed E-state index contributed by atoms with van der Waals surface area (Å²) in [6.45, 7) is 2.80. The van der Waals surface area contributed by atoms with Crippen molar-refractivity contribution in [3.8, 4) is 11.4 Å². The van der Waals surface area contributed by atoms with E-state index in [1.165, 1.54) is 18.6 Å². The van der Waals surface area contributed by atoms with Gasteiger partial charge in [0.25, 0.3) is 5.91 Å². The van der Waals surface area contributed by atoms with Gasteiger partial charge in [0.15, 0.2) is 5.82 Å². The Bertz CT molecular complexity index is 1060. The largest absolute Gasteiger partial charge is 0.324 e. The highest BCUT2D eigenvalue weighted by atomic mass is 32.1. The van der Waals surface area contributed by atoms with Crippen molar-refractivity contribution in [2.75, 3.05) is 5.32 Å². The number of carbonyl (C=O) groups excluding carboxylic acids is 1. The Labute approximate surface area is 165 Å². The van der Waals surface area contributed by atoms with Crippen molar-refractivity contribution in [1.82, 2.24) is 14.8 Å². The number of rotatable bonds is 4. The minimum Gasteiger partial charge on any atom is -0.321 e. The van der Waals surface area contributed by atoms with Crippen LogP contribution in [0.25, 0.3) is 11.4 Å². The molecule has 8 nitrogen and oxygen atoms in total. The van der Waals surface area contributed by atoms with E-state index in [9.17, 15) is 14.9 Å². The summed E-state index contributed by atoms with van der Waals surface area (Å²) < 4.78 is 2.16. The molecule has 0 aliphatic carbocycles. The van der Waals surface area contributed by atoms with Gasteiger partial charge in [-0.1, -0.05) is 29.9 Å². The summed E-state index contributed by atoms with van der Waals surface area (Å²) >= 11 is 0.859. The van der Waals surface area contributed by atoms with Crippen molar-refractivity contribution in [2.45, 2.75) is 39.2 Å². The fourth-order valence-corrected chi connectivity index (χ4v) is 4.04. The maximum absolute atomic E-state index is 12.5. The number of nitrogens with zero attached hydrogens (tertiary/aromatic N) is 4. The molecule has 0 unspecified atom stereocenters. The molecule has 0 bridgehead atoms. The molecule has 0 atom stereocenters. The Morgan fingerprint density at radius 3 is 2.86 bits per heavy atom. The molecule has 4 rings (SSSR count). The number of benzene rings is 1. The summed E-state index contributed by atoms with van der Waals surface area (Å²) in [5.74, 6) is 1.45. The van der Waals surface area contributed by atoms with Crippen molar-refractivity contribution in [3.05, 3.63) is 56.7 Å². The zero-order chi connectivity index (χ0) is 19.7. The van der Waals surface area contributed by atoms with Crippen molar-refractivity contribution in [3.63, 3.8) is 0 Å². The third-order valence-electron chi connectivity index (χ3n) is 4.85. The van der Waals surface area contributed by atoms with Crippen LogP contribution in [0, 0.1) is 17.0 Å². The highest BCUT2D eigenvalue weighted by Gasteiger charge is 2.19. The molecule has 1 aromatic carbocycles. The molecule has 3 heterocycles. The standard InChI is InChI=1S/C19H19N5O3S/c1-12-6-7-13(18-22-21-16-5-3-2-4-10-23(16)18)11-14(12)20-19(25)15-8-9-17(28-15)24(26)27/h6-9,11H,2-5,10H2,1H3,(H,20,25). The maximum atomic E-state index is 12.5. The Morgan fingerprint density at radius 1 is 1.21 bits per heavy atom. The quantitative estimate of drug-likeness (QED) is 0.525. The highest BCUT2D eigenvalue weighted by Crippen LogP contribution is 2.29. The van der Waals surface area contributed by atoms with Gasteiger partial charge in [0.1, 0.15) is 5.82 Å². The predicted molar refractivity (Wildman–Crippen MR) is 107 cm³/mol. The van der Waals surface area contributed by atoms with Gasteiger partial charge in [-0.15, -0.1) is 10.2 Å². The second kappa shape index (κ2) is 7.51. The molecule has 1 aliphatic rings. The zero-order valence-electron chi connectivity index (χ0n) is 15.3. The summed E-state index contributed by atoms with van der Waals surface area (Å²) in [4.78, 5) is 23.2. The van der Waals surface area contributed by atoms with Gasteiger partial charge in [-0.05, 0) is 37.5 Å². The zero-order valence-corrected chi connectivity index (χ0v) is 16.2. The lowest BCUT2D eigenvalue weighted by atomic mass is 10.1. The Hall–Kier alpha value is -3.07. The molecule has 28 heavy (non-hydrogen) atoms. The summed E-state index contributed by atoms with van der Waals surface area (Å²) in [5, 5.41) is 22.4. The van der Waals surface area contributed by atoms with E-state index in [4.69, 9.17) is 0 Å². The normalized spacial score (nSPS) is 13.6. The number of anilines is 1. The number of nitrogens with one attached hydrogen (secondary N) is 1. The van der Waals surface area contributed by atoms with E-state index < -0.39 is 4.92 Å². The van der Waals surface area contributed by atoms with Crippen LogP contribution in [0.1, 0.15) is 40.3 Å². The molecule has 144 valence electrons. The van der Waals surface area contributed by atoms with E-state index in [0.717, 1.165) is 59.9 Å². The Balaban J connectivity index is 1.62.